The van der Waals surface area contributed by atoms with Crippen LogP contribution in [0.5, 0.6) is 0 Å². The Kier molecular flexibility index (Phi) is 6.31. The first kappa shape index (κ1) is 22.8. The molecule has 1 aliphatic rings. The highest BCUT2D eigenvalue weighted by molar-refractivity contribution is 7.89. The van der Waals surface area contributed by atoms with Gasteiger partial charge in [0.15, 0.2) is 0 Å². The van der Waals surface area contributed by atoms with Gasteiger partial charge in [0.25, 0.3) is 0 Å². The smallest absolute Gasteiger partial charge is 0.336 e. The molecule has 0 spiro atoms. The molecule has 10 heteroatoms. The lowest BCUT2D eigenvalue weighted by molar-refractivity contribution is -0.148. The van der Waals surface area contributed by atoms with E-state index >= 15 is 0 Å². The van der Waals surface area contributed by atoms with Gasteiger partial charge < -0.3 is 9.15 Å². The standard InChI is InChI=1S/C22H19Cl2NO6S/c1-13-9-20-17(11-18(13)24)14(10-21(26)31-20)12-30-22(27)19-3-2-8-25(19)32(28,29)16-6-4-15(23)5-7-16/h4-7,9-11,19H,2-3,8,12H2,1H3. The molecule has 1 unspecified atom stereocenters. The molecular weight excluding hydrogens is 477 g/mol. The van der Waals surface area contributed by atoms with Gasteiger partial charge in [-0.3, -0.25) is 4.79 Å². The maximum absolute atomic E-state index is 13.0. The molecule has 2 heterocycles. The monoisotopic (exact) mass is 495 g/mol. The number of benzene rings is 2. The molecule has 0 amide bonds. The number of fused-ring (bicyclic) bond motifs is 1. The van der Waals surface area contributed by atoms with Crippen LogP contribution in [0.25, 0.3) is 11.0 Å². The summed E-state index contributed by atoms with van der Waals surface area (Å²) in [6.45, 7) is 1.77. The van der Waals surface area contributed by atoms with Gasteiger partial charge in [-0.1, -0.05) is 23.2 Å². The first-order valence-corrected chi connectivity index (χ1v) is 12.0. The van der Waals surface area contributed by atoms with Crippen molar-refractivity contribution in [3.05, 3.63) is 74.1 Å². The third-order valence-corrected chi connectivity index (χ3v) is 7.96. The summed E-state index contributed by atoms with van der Waals surface area (Å²) in [6, 6.07) is 9.34. The van der Waals surface area contributed by atoms with Crippen molar-refractivity contribution in [1.82, 2.24) is 4.31 Å². The van der Waals surface area contributed by atoms with E-state index in [1.165, 1.54) is 30.3 Å². The second-order valence-electron chi connectivity index (χ2n) is 7.52. The van der Waals surface area contributed by atoms with Crippen LogP contribution in [0.4, 0.5) is 0 Å². The van der Waals surface area contributed by atoms with Gasteiger partial charge in [-0.05, 0) is 61.7 Å². The molecule has 1 fully saturated rings. The number of nitrogens with zero attached hydrogens (tertiary/aromatic N) is 1. The maximum atomic E-state index is 13.0. The van der Waals surface area contributed by atoms with Crippen LogP contribution in [-0.4, -0.2) is 31.3 Å². The van der Waals surface area contributed by atoms with E-state index in [-0.39, 0.29) is 18.0 Å². The van der Waals surface area contributed by atoms with Crippen molar-refractivity contribution >= 4 is 50.2 Å². The molecule has 2 aromatic carbocycles. The summed E-state index contributed by atoms with van der Waals surface area (Å²) in [5.41, 5.74) is 0.915. The minimum atomic E-state index is -3.89. The van der Waals surface area contributed by atoms with E-state index in [9.17, 15) is 18.0 Å². The molecule has 168 valence electrons. The van der Waals surface area contributed by atoms with Crippen molar-refractivity contribution in [2.75, 3.05) is 6.54 Å². The Bertz CT molecular complexity index is 1350. The third kappa shape index (κ3) is 4.41. The molecule has 4 rings (SSSR count). The van der Waals surface area contributed by atoms with Crippen LogP contribution >= 0.6 is 23.2 Å². The van der Waals surface area contributed by atoms with Crippen LogP contribution in [-0.2, 0) is 26.2 Å². The second kappa shape index (κ2) is 8.86. The van der Waals surface area contributed by atoms with Gasteiger partial charge in [0, 0.05) is 33.6 Å². The number of halogens is 2. The fourth-order valence-corrected chi connectivity index (χ4v) is 5.65. The molecule has 0 bridgehead atoms. The molecule has 0 radical (unpaired) electrons. The Morgan fingerprint density at radius 1 is 1.19 bits per heavy atom. The van der Waals surface area contributed by atoms with E-state index in [4.69, 9.17) is 32.4 Å². The van der Waals surface area contributed by atoms with Crippen LogP contribution < -0.4 is 5.63 Å². The molecule has 1 saturated heterocycles. The summed E-state index contributed by atoms with van der Waals surface area (Å²) in [7, 11) is -3.89. The number of carbonyl (C=O) groups excluding carboxylic acids is 1. The van der Waals surface area contributed by atoms with Crippen molar-refractivity contribution in [2.24, 2.45) is 0 Å². The summed E-state index contributed by atoms with van der Waals surface area (Å²) in [5.74, 6) is -0.681. The Balaban J connectivity index is 1.56. The number of ether oxygens (including phenoxy) is 1. The van der Waals surface area contributed by atoms with Crippen LogP contribution in [0.3, 0.4) is 0 Å². The number of rotatable bonds is 5. The molecule has 1 atom stereocenters. The van der Waals surface area contributed by atoms with E-state index in [1.807, 2.05) is 0 Å². The molecule has 0 saturated carbocycles. The highest BCUT2D eigenvalue weighted by Crippen LogP contribution is 2.29. The van der Waals surface area contributed by atoms with Gasteiger partial charge in [-0.15, -0.1) is 0 Å². The van der Waals surface area contributed by atoms with E-state index in [0.717, 1.165) is 9.87 Å². The highest BCUT2D eigenvalue weighted by atomic mass is 35.5. The van der Waals surface area contributed by atoms with Gasteiger partial charge in [0.2, 0.25) is 10.0 Å². The lowest BCUT2D eigenvalue weighted by atomic mass is 10.1. The number of carbonyl (C=O) groups is 1. The largest absolute Gasteiger partial charge is 0.460 e. The molecule has 1 aliphatic heterocycles. The lowest BCUT2D eigenvalue weighted by Crippen LogP contribution is -2.41. The van der Waals surface area contributed by atoms with Gasteiger partial charge in [-0.25, -0.2) is 13.2 Å². The first-order chi connectivity index (χ1) is 15.2. The topological polar surface area (TPSA) is 93.9 Å². The van der Waals surface area contributed by atoms with Gasteiger partial charge >= 0.3 is 11.6 Å². The number of hydrogen-bond donors (Lipinski definition) is 0. The Morgan fingerprint density at radius 2 is 1.91 bits per heavy atom. The predicted octanol–water partition coefficient (Wildman–Crippen LogP) is 4.30. The Labute approximate surface area is 194 Å². The Hall–Kier alpha value is -2.39. The molecule has 32 heavy (non-hydrogen) atoms. The highest BCUT2D eigenvalue weighted by Gasteiger charge is 2.40. The summed E-state index contributed by atoms with van der Waals surface area (Å²) in [6.07, 6.45) is 0.869. The van der Waals surface area contributed by atoms with Crippen molar-refractivity contribution in [3.8, 4) is 0 Å². The van der Waals surface area contributed by atoms with E-state index < -0.39 is 27.7 Å². The van der Waals surface area contributed by atoms with E-state index in [1.54, 1.807) is 19.1 Å². The molecule has 0 aliphatic carbocycles. The average molecular weight is 496 g/mol. The van der Waals surface area contributed by atoms with E-state index in [0.29, 0.717) is 39.4 Å². The molecule has 0 N–H and O–H groups in total. The zero-order chi connectivity index (χ0) is 23.0. The lowest BCUT2D eigenvalue weighted by Gasteiger charge is -2.23. The Morgan fingerprint density at radius 3 is 2.62 bits per heavy atom. The first-order valence-electron chi connectivity index (χ1n) is 9.84. The summed E-state index contributed by atoms with van der Waals surface area (Å²) < 4.78 is 37.9. The minimum Gasteiger partial charge on any atom is -0.460 e. The fourth-order valence-electron chi connectivity index (χ4n) is 3.72. The maximum Gasteiger partial charge on any atom is 0.336 e. The van der Waals surface area contributed by atoms with Crippen molar-refractivity contribution in [2.45, 2.75) is 37.3 Å². The van der Waals surface area contributed by atoms with Crippen molar-refractivity contribution in [1.29, 1.82) is 0 Å². The van der Waals surface area contributed by atoms with Crippen molar-refractivity contribution < 1.29 is 22.4 Å². The quantitative estimate of drug-likeness (QED) is 0.386. The predicted molar refractivity (Wildman–Crippen MR) is 120 cm³/mol. The molecule has 7 nitrogen and oxygen atoms in total. The fraction of sp³-hybridized carbons (Fsp3) is 0.273. The zero-order valence-electron chi connectivity index (χ0n) is 17.0. The number of hydrogen-bond acceptors (Lipinski definition) is 6. The normalized spacial score (nSPS) is 17.0. The number of aryl methyl sites for hydroxylation is 1. The third-order valence-electron chi connectivity index (χ3n) is 5.38. The van der Waals surface area contributed by atoms with Gasteiger partial charge in [0.05, 0.1) is 4.90 Å². The summed E-state index contributed by atoms with van der Waals surface area (Å²) in [4.78, 5) is 24.8. The number of esters is 1. The average Bonchev–Trinajstić information content (AvgIpc) is 3.24. The second-order valence-corrected chi connectivity index (χ2v) is 10.3. The van der Waals surface area contributed by atoms with Crippen LogP contribution in [0.1, 0.15) is 24.0 Å². The zero-order valence-corrected chi connectivity index (χ0v) is 19.3. The van der Waals surface area contributed by atoms with Gasteiger partial charge in [0.1, 0.15) is 18.2 Å². The number of sulfonamides is 1. The van der Waals surface area contributed by atoms with Crippen LogP contribution in [0, 0.1) is 6.92 Å². The van der Waals surface area contributed by atoms with Gasteiger partial charge in [-0.2, -0.15) is 4.31 Å². The minimum absolute atomic E-state index is 0.0540. The van der Waals surface area contributed by atoms with E-state index in [2.05, 4.69) is 0 Å². The van der Waals surface area contributed by atoms with Crippen LogP contribution in [0.15, 0.2) is 56.6 Å². The van der Waals surface area contributed by atoms with Crippen LogP contribution in [0.2, 0.25) is 10.0 Å². The molecular formula is C22H19Cl2NO6S. The molecule has 1 aromatic heterocycles. The summed E-state index contributed by atoms with van der Waals surface area (Å²) >= 11 is 12.0. The molecule has 3 aromatic rings. The SMILES string of the molecule is Cc1cc2oc(=O)cc(COC(=O)C3CCCN3S(=O)(=O)c3ccc(Cl)cc3)c2cc1Cl. The summed E-state index contributed by atoms with van der Waals surface area (Å²) in [5, 5.41) is 1.44. The van der Waals surface area contributed by atoms with Crippen molar-refractivity contribution in [3.63, 3.8) is 0 Å².